The van der Waals surface area contributed by atoms with Crippen LogP contribution in [-0.2, 0) is 4.79 Å². The summed E-state index contributed by atoms with van der Waals surface area (Å²) in [4.78, 5) is 26.3. The lowest BCUT2D eigenvalue weighted by Crippen LogP contribution is -2.17. The van der Waals surface area contributed by atoms with Gasteiger partial charge in [-0.2, -0.15) is 11.8 Å². The van der Waals surface area contributed by atoms with Gasteiger partial charge in [0.1, 0.15) is 0 Å². The molecular weight excluding hydrogens is 252 g/mol. The number of unbranched alkanes of at least 4 members (excludes halogenated alkanes) is 1. The Morgan fingerprint density at radius 2 is 2.28 bits per heavy atom. The highest BCUT2D eigenvalue weighted by Crippen LogP contribution is 2.14. The lowest BCUT2D eigenvalue weighted by molar-refractivity contribution is -0.113. The molecule has 6 heteroatoms. The molecule has 0 spiro atoms. The van der Waals surface area contributed by atoms with E-state index in [9.17, 15) is 9.59 Å². The van der Waals surface area contributed by atoms with E-state index in [-0.39, 0.29) is 17.2 Å². The van der Waals surface area contributed by atoms with Crippen molar-refractivity contribution in [3.63, 3.8) is 0 Å². The summed E-state index contributed by atoms with van der Waals surface area (Å²) >= 11 is 1.54. The maximum Gasteiger partial charge on any atom is 0.337 e. The van der Waals surface area contributed by atoms with Crippen LogP contribution in [0.5, 0.6) is 0 Å². The number of amides is 1. The lowest BCUT2D eigenvalue weighted by Gasteiger charge is -2.07. The van der Waals surface area contributed by atoms with E-state index in [1.807, 2.05) is 0 Å². The van der Waals surface area contributed by atoms with Gasteiger partial charge in [0.05, 0.1) is 23.2 Å². The number of carboxylic acids is 1. The second-order valence-electron chi connectivity index (χ2n) is 3.68. The molecule has 18 heavy (non-hydrogen) atoms. The minimum Gasteiger partial charge on any atom is -0.478 e. The number of nitrogens with zero attached hydrogens (tertiary/aromatic N) is 1. The van der Waals surface area contributed by atoms with Crippen LogP contribution >= 0.6 is 11.8 Å². The van der Waals surface area contributed by atoms with E-state index < -0.39 is 5.97 Å². The van der Waals surface area contributed by atoms with Gasteiger partial charge in [-0.3, -0.25) is 9.78 Å². The third-order valence-corrected chi connectivity index (χ3v) is 3.24. The minimum atomic E-state index is -1.08. The van der Waals surface area contributed by atoms with Crippen molar-refractivity contribution in [2.75, 3.05) is 16.8 Å². The van der Waals surface area contributed by atoms with Gasteiger partial charge in [-0.15, -0.1) is 0 Å². The zero-order valence-corrected chi connectivity index (χ0v) is 11.0. The molecule has 0 saturated carbocycles. The van der Waals surface area contributed by atoms with E-state index in [0.29, 0.717) is 5.75 Å². The molecule has 0 fully saturated rings. The van der Waals surface area contributed by atoms with Gasteiger partial charge in [-0.05, 0) is 18.2 Å². The van der Waals surface area contributed by atoms with Crippen LogP contribution in [0.2, 0.25) is 0 Å². The largest absolute Gasteiger partial charge is 0.478 e. The first kappa shape index (κ1) is 14.5. The zero-order chi connectivity index (χ0) is 13.4. The Kier molecular flexibility index (Phi) is 6.21. The highest BCUT2D eigenvalue weighted by molar-refractivity contribution is 7.99. The van der Waals surface area contributed by atoms with Crippen molar-refractivity contribution in [1.82, 2.24) is 4.98 Å². The van der Waals surface area contributed by atoms with E-state index in [1.54, 1.807) is 0 Å². The quantitative estimate of drug-likeness (QED) is 0.741. The normalized spacial score (nSPS) is 10.1. The second-order valence-corrected chi connectivity index (χ2v) is 4.79. The summed E-state index contributed by atoms with van der Waals surface area (Å²) in [5.74, 6) is -0.0191. The zero-order valence-electron chi connectivity index (χ0n) is 10.2. The molecule has 0 aliphatic heterocycles. The van der Waals surface area contributed by atoms with Crippen molar-refractivity contribution in [3.8, 4) is 0 Å². The molecule has 0 unspecified atom stereocenters. The summed E-state index contributed by atoms with van der Waals surface area (Å²) in [7, 11) is 0. The van der Waals surface area contributed by atoms with Crippen molar-refractivity contribution in [1.29, 1.82) is 0 Å². The maximum absolute atomic E-state index is 11.6. The maximum atomic E-state index is 11.6. The molecule has 0 saturated heterocycles. The minimum absolute atomic E-state index is 0.0527. The van der Waals surface area contributed by atoms with Crippen LogP contribution in [0.25, 0.3) is 0 Å². The number of carbonyl (C=O) groups excluding carboxylic acids is 1. The Morgan fingerprint density at radius 3 is 2.94 bits per heavy atom. The van der Waals surface area contributed by atoms with E-state index in [1.165, 1.54) is 30.2 Å². The molecule has 98 valence electrons. The van der Waals surface area contributed by atoms with Gasteiger partial charge in [0.25, 0.3) is 0 Å². The number of hydrogen-bond acceptors (Lipinski definition) is 4. The van der Waals surface area contributed by atoms with Crippen LogP contribution in [0.3, 0.4) is 0 Å². The number of carboxylic acid groups (broad SMARTS) is 1. The number of carbonyl (C=O) groups is 2. The van der Waals surface area contributed by atoms with Gasteiger partial charge in [0.15, 0.2) is 0 Å². The number of aromatic nitrogens is 1. The average molecular weight is 268 g/mol. The number of anilines is 1. The van der Waals surface area contributed by atoms with Crippen LogP contribution < -0.4 is 5.32 Å². The van der Waals surface area contributed by atoms with Gasteiger partial charge in [-0.1, -0.05) is 13.3 Å². The first-order valence-corrected chi connectivity index (χ1v) is 6.85. The average Bonchev–Trinajstić information content (AvgIpc) is 2.35. The molecule has 1 aromatic rings. The Morgan fingerprint density at radius 1 is 1.50 bits per heavy atom. The van der Waals surface area contributed by atoms with Gasteiger partial charge < -0.3 is 10.4 Å². The van der Waals surface area contributed by atoms with Crippen molar-refractivity contribution in [2.45, 2.75) is 19.8 Å². The SMILES string of the molecule is CCCCSCC(=O)Nc1cnccc1C(=O)O. The molecule has 1 aromatic heterocycles. The van der Waals surface area contributed by atoms with E-state index in [0.717, 1.165) is 18.6 Å². The topological polar surface area (TPSA) is 79.3 Å². The fourth-order valence-corrected chi connectivity index (χ4v) is 2.17. The van der Waals surface area contributed by atoms with Crippen molar-refractivity contribution >= 4 is 29.3 Å². The summed E-state index contributed by atoms with van der Waals surface area (Å²) in [6.07, 6.45) is 4.90. The van der Waals surface area contributed by atoms with Gasteiger partial charge in [0.2, 0.25) is 5.91 Å². The molecule has 1 amide bonds. The van der Waals surface area contributed by atoms with Crippen LogP contribution in [-0.4, -0.2) is 33.5 Å². The molecule has 0 aromatic carbocycles. The Hall–Kier alpha value is -1.56. The van der Waals surface area contributed by atoms with E-state index in [4.69, 9.17) is 5.11 Å². The number of aromatic carboxylic acids is 1. The molecule has 0 aliphatic rings. The van der Waals surface area contributed by atoms with Crippen molar-refractivity contribution in [3.05, 3.63) is 24.0 Å². The number of hydrogen-bond donors (Lipinski definition) is 2. The summed E-state index contributed by atoms with van der Waals surface area (Å²) in [6.45, 7) is 2.09. The van der Waals surface area contributed by atoms with Crippen LogP contribution in [0.4, 0.5) is 5.69 Å². The van der Waals surface area contributed by atoms with Gasteiger partial charge in [0, 0.05) is 6.20 Å². The van der Waals surface area contributed by atoms with Gasteiger partial charge >= 0.3 is 5.97 Å². The summed E-state index contributed by atoms with van der Waals surface area (Å²) < 4.78 is 0. The molecule has 0 radical (unpaired) electrons. The first-order valence-electron chi connectivity index (χ1n) is 5.70. The second kappa shape index (κ2) is 7.71. The molecule has 0 aliphatic carbocycles. The molecule has 1 heterocycles. The Labute approximate surface area is 110 Å². The van der Waals surface area contributed by atoms with Crippen LogP contribution in [0.15, 0.2) is 18.5 Å². The fraction of sp³-hybridized carbons (Fsp3) is 0.417. The third kappa shape index (κ3) is 4.75. The number of pyridine rings is 1. The monoisotopic (exact) mass is 268 g/mol. The summed E-state index contributed by atoms with van der Waals surface area (Å²) in [6, 6.07) is 1.36. The Bertz CT molecular complexity index is 424. The predicted molar refractivity (Wildman–Crippen MR) is 72.1 cm³/mol. The molecule has 0 atom stereocenters. The fourth-order valence-electron chi connectivity index (χ4n) is 1.28. The highest BCUT2D eigenvalue weighted by Gasteiger charge is 2.11. The smallest absolute Gasteiger partial charge is 0.337 e. The number of thioether (sulfide) groups is 1. The van der Waals surface area contributed by atoms with E-state index >= 15 is 0 Å². The predicted octanol–water partition coefficient (Wildman–Crippen LogP) is 2.25. The Balaban J connectivity index is 2.51. The highest BCUT2D eigenvalue weighted by atomic mass is 32.2. The number of rotatable bonds is 7. The van der Waals surface area contributed by atoms with Gasteiger partial charge in [-0.25, -0.2) is 4.79 Å². The summed E-state index contributed by atoms with van der Waals surface area (Å²) in [5, 5.41) is 11.5. The van der Waals surface area contributed by atoms with Crippen molar-refractivity contribution in [2.24, 2.45) is 0 Å². The van der Waals surface area contributed by atoms with E-state index in [2.05, 4.69) is 17.2 Å². The van der Waals surface area contributed by atoms with Crippen LogP contribution in [0.1, 0.15) is 30.1 Å². The van der Waals surface area contributed by atoms with Crippen LogP contribution in [0, 0.1) is 0 Å². The first-order chi connectivity index (χ1) is 8.65. The number of nitrogens with one attached hydrogen (secondary N) is 1. The molecule has 1 rings (SSSR count). The molecule has 2 N–H and O–H groups in total. The molecule has 0 bridgehead atoms. The third-order valence-electron chi connectivity index (χ3n) is 2.20. The molecule has 5 nitrogen and oxygen atoms in total. The molecular formula is C12H16N2O3S. The lowest BCUT2D eigenvalue weighted by atomic mass is 10.2. The summed E-state index contributed by atoms with van der Waals surface area (Å²) in [5.41, 5.74) is 0.294. The standard InChI is InChI=1S/C12H16N2O3S/c1-2-3-6-18-8-11(15)14-10-7-13-5-4-9(10)12(16)17/h4-5,7H,2-3,6,8H2,1H3,(H,14,15)(H,16,17). The van der Waals surface area contributed by atoms with Crippen molar-refractivity contribution < 1.29 is 14.7 Å².